The van der Waals surface area contributed by atoms with Gasteiger partial charge >= 0.3 is 0 Å². The maximum Gasteiger partial charge on any atom is 0.188 e. The second kappa shape index (κ2) is 4.16. The van der Waals surface area contributed by atoms with Gasteiger partial charge in [-0.3, -0.25) is 4.99 Å². The minimum Gasteiger partial charge on any atom is -0.377 e. The average molecular weight is 237 g/mol. The van der Waals surface area contributed by atoms with Crippen LogP contribution in [0.1, 0.15) is 39.0 Å². The molecule has 96 valence electrons. The maximum absolute atomic E-state index is 5.95. The molecular formula is C13H23N3O. The summed E-state index contributed by atoms with van der Waals surface area (Å²) in [6.45, 7) is 3.87. The highest BCUT2D eigenvalue weighted by Crippen LogP contribution is 2.62. The molecule has 2 aliphatic carbocycles. The first-order valence-corrected chi connectivity index (χ1v) is 6.96. The van der Waals surface area contributed by atoms with E-state index in [1.165, 1.54) is 25.7 Å². The molecule has 3 N–H and O–H groups in total. The monoisotopic (exact) mass is 237 g/mol. The fraction of sp³-hybridized carbons (Fsp3) is 0.923. The van der Waals surface area contributed by atoms with E-state index in [0.29, 0.717) is 29.4 Å². The Bertz CT molecular complexity index is 325. The fourth-order valence-electron chi connectivity index (χ4n) is 3.89. The number of rotatable bonds is 3. The SMILES string of the molecule is CCCN=C(N)NC1C2CCOC2C12CCC2. The summed E-state index contributed by atoms with van der Waals surface area (Å²) in [4.78, 5) is 4.35. The fourth-order valence-corrected chi connectivity index (χ4v) is 3.89. The molecule has 2 saturated carbocycles. The Morgan fingerprint density at radius 2 is 2.35 bits per heavy atom. The summed E-state index contributed by atoms with van der Waals surface area (Å²) >= 11 is 0. The highest BCUT2D eigenvalue weighted by Gasteiger charge is 2.66. The molecule has 4 nitrogen and oxygen atoms in total. The van der Waals surface area contributed by atoms with Crippen molar-refractivity contribution in [3.8, 4) is 0 Å². The molecule has 3 aliphatic rings. The van der Waals surface area contributed by atoms with Crippen LogP contribution in [-0.4, -0.2) is 31.3 Å². The zero-order valence-corrected chi connectivity index (χ0v) is 10.6. The van der Waals surface area contributed by atoms with Gasteiger partial charge in [-0.25, -0.2) is 0 Å². The summed E-state index contributed by atoms with van der Waals surface area (Å²) < 4.78 is 5.88. The third kappa shape index (κ3) is 1.57. The molecule has 0 aromatic rings. The van der Waals surface area contributed by atoms with Crippen molar-refractivity contribution in [2.45, 2.75) is 51.2 Å². The van der Waals surface area contributed by atoms with Gasteiger partial charge in [0.25, 0.3) is 0 Å². The molecule has 0 aromatic heterocycles. The molecule has 1 heterocycles. The molecule has 0 radical (unpaired) electrons. The van der Waals surface area contributed by atoms with Gasteiger partial charge in [0.15, 0.2) is 5.96 Å². The van der Waals surface area contributed by atoms with E-state index in [1.54, 1.807) is 0 Å². The highest BCUT2D eigenvalue weighted by molar-refractivity contribution is 5.78. The van der Waals surface area contributed by atoms with Crippen LogP contribution in [0.2, 0.25) is 0 Å². The minimum atomic E-state index is 0.396. The summed E-state index contributed by atoms with van der Waals surface area (Å²) in [6.07, 6.45) is 6.68. The van der Waals surface area contributed by atoms with Crippen LogP contribution >= 0.6 is 0 Å². The quantitative estimate of drug-likeness (QED) is 0.574. The van der Waals surface area contributed by atoms with Gasteiger partial charge in [-0.15, -0.1) is 0 Å². The first-order chi connectivity index (χ1) is 8.28. The van der Waals surface area contributed by atoms with Crippen molar-refractivity contribution >= 4 is 5.96 Å². The number of guanidine groups is 1. The first-order valence-electron chi connectivity index (χ1n) is 6.96. The van der Waals surface area contributed by atoms with E-state index in [-0.39, 0.29) is 0 Å². The molecule has 3 atom stereocenters. The van der Waals surface area contributed by atoms with Gasteiger partial charge in [0.2, 0.25) is 0 Å². The number of nitrogens with two attached hydrogens (primary N) is 1. The first kappa shape index (κ1) is 11.3. The van der Waals surface area contributed by atoms with Crippen molar-refractivity contribution in [1.29, 1.82) is 0 Å². The molecule has 0 aromatic carbocycles. The van der Waals surface area contributed by atoms with Gasteiger partial charge in [0, 0.05) is 30.5 Å². The average Bonchev–Trinajstić information content (AvgIpc) is 2.66. The van der Waals surface area contributed by atoms with Crippen molar-refractivity contribution in [2.75, 3.05) is 13.2 Å². The molecule has 0 amide bonds. The van der Waals surface area contributed by atoms with Crippen LogP contribution in [0.3, 0.4) is 0 Å². The number of nitrogens with zero attached hydrogens (tertiary/aromatic N) is 1. The Kier molecular flexibility index (Phi) is 2.77. The maximum atomic E-state index is 5.95. The standard InChI is InChI=1S/C13H23N3O/c1-2-7-15-12(14)16-10-9-4-8-17-11(9)13(10)5-3-6-13/h9-11H,2-8H2,1H3,(H3,14,15,16). The Morgan fingerprint density at radius 1 is 1.53 bits per heavy atom. The lowest BCUT2D eigenvalue weighted by atomic mass is 9.46. The number of ether oxygens (including phenoxy) is 1. The van der Waals surface area contributed by atoms with Gasteiger partial charge < -0.3 is 15.8 Å². The second-order valence-corrected chi connectivity index (χ2v) is 5.72. The molecule has 3 rings (SSSR count). The Morgan fingerprint density at radius 3 is 3.00 bits per heavy atom. The molecule has 0 bridgehead atoms. The summed E-state index contributed by atoms with van der Waals surface area (Å²) in [5.74, 6) is 1.30. The normalized spacial score (nSPS) is 38.4. The van der Waals surface area contributed by atoms with E-state index in [4.69, 9.17) is 10.5 Å². The summed E-state index contributed by atoms with van der Waals surface area (Å²) in [5.41, 5.74) is 6.35. The van der Waals surface area contributed by atoms with Gasteiger partial charge in [0.05, 0.1) is 6.10 Å². The van der Waals surface area contributed by atoms with Crippen LogP contribution in [0, 0.1) is 11.3 Å². The highest BCUT2D eigenvalue weighted by atomic mass is 16.5. The van der Waals surface area contributed by atoms with Crippen LogP contribution in [0.5, 0.6) is 0 Å². The number of fused-ring (bicyclic) bond motifs is 2. The number of nitrogens with one attached hydrogen (secondary N) is 1. The van der Waals surface area contributed by atoms with Crippen LogP contribution in [0.4, 0.5) is 0 Å². The molecule has 17 heavy (non-hydrogen) atoms. The van der Waals surface area contributed by atoms with Gasteiger partial charge in [-0.05, 0) is 25.7 Å². The zero-order chi connectivity index (χ0) is 11.9. The van der Waals surface area contributed by atoms with Crippen molar-refractivity contribution in [3.63, 3.8) is 0 Å². The lowest BCUT2D eigenvalue weighted by Gasteiger charge is -2.63. The zero-order valence-electron chi connectivity index (χ0n) is 10.6. The van der Waals surface area contributed by atoms with Crippen molar-refractivity contribution in [2.24, 2.45) is 22.1 Å². The number of aliphatic imine (C=N–C) groups is 1. The number of hydrogen-bond acceptors (Lipinski definition) is 2. The molecular weight excluding hydrogens is 214 g/mol. The van der Waals surface area contributed by atoms with Crippen LogP contribution < -0.4 is 11.1 Å². The summed E-state index contributed by atoms with van der Waals surface area (Å²) in [7, 11) is 0. The van der Waals surface area contributed by atoms with E-state index in [1.807, 2.05) is 0 Å². The molecule has 4 heteroatoms. The van der Waals surface area contributed by atoms with E-state index >= 15 is 0 Å². The van der Waals surface area contributed by atoms with Crippen molar-refractivity contribution in [1.82, 2.24) is 5.32 Å². The Hall–Kier alpha value is -0.770. The van der Waals surface area contributed by atoms with Crippen molar-refractivity contribution < 1.29 is 4.74 Å². The molecule has 3 unspecified atom stereocenters. The third-order valence-electron chi connectivity index (χ3n) is 4.85. The van der Waals surface area contributed by atoms with Gasteiger partial charge in [-0.2, -0.15) is 0 Å². The molecule has 1 saturated heterocycles. The van der Waals surface area contributed by atoms with Gasteiger partial charge in [-0.1, -0.05) is 13.3 Å². The summed E-state index contributed by atoms with van der Waals surface area (Å²) in [5, 5.41) is 3.46. The lowest BCUT2D eigenvalue weighted by molar-refractivity contribution is -0.171. The molecule has 3 fully saturated rings. The third-order valence-corrected chi connectivity index (χ3v) is 4.85. The molecule has 1 spiro atoms. The lowest BCUT2D eigenvalue weighted by Crippen LogP contribution is -2.72. The second-order valence-electron chi connectivity index (χ2n) is 5.72. The number of hydrogen-bond donors (Lipinski definition) is 2. The van der Waals surface area contributed by atoms with Crippen LogP contribution in [0.25, 0.3) is 0 Å². The smallest absolute Gasteiger partial charge is 0.188 e. The van der Waals surface area contributed by atoms with Gasteiger partial charge in [0.1, 0.15) is 0 Å². The minimum absolute atomic E-state index is 0.396. The Balaban J connectivity index is 1.66. The largest absolute Gasteiger partial charge is 0.377 e. The van der Waals surface area contributed by atoms with Crippen molar-refractivity contribution in [3.05, 3.63) is 0 Å². The Labute approximate surface area is 103 Å². The van der Waals surface area contributed by atoms with E-state index in [2.05, 4.69) is 17.2 Å². The summed E-state index contributed by atoms with van der Waals surface area (Å²) in [6, 6.07) is 0.518. The van der Waals surface area contributed by atoms with E-state index in [0.717, 1.165) is 19.6 Å². The van der Waals surface area contributed by atoms with E-state index in [9.17, 15) is 0 Å². The van der Waals surface area contributed by atoms with E-state index < -0.39 is 0 Å². The predicted octanol–water partition coefficient (Wildman–Crippen LogP) is 1.26. The predicted molar refractivity (Wildman–Crippen MR) is 67.8 cm³/mol. The topological polar surface area (TPSA) is 59.6 Å². The van der Waals surface area contributed by atoms with Crippen LogP contribution in [0.15, 0.2) is 4.99 Å². The molecule has 1 aliphatic heterocycles. The van der Waals surface area contributed by atoms with Crippen LogP contribution in [-0.2, 0) is 4.74 Å².